The molecule has 6 nitrogen and oxygen atoms in total. The van der Waals surface area contributed by atoms with Crippen LogP contribution in [0.15, 0.2) is 24.5 Å². The number of hydrogen-bond donors (Lipinski definition) is 1. The summed E-state index contributed by atoms with van der Waals surface area (Å²) in [5, 5.41) is 28.2. The maximum Gasteiger partial charge on any atom is 0.165 e. The van der Waals surface area contributed by atoms with E-state index in [0.717, 1.165) is 24.2 Å². The summed E-state index contributed by atoms with van der Waals surface area (Å²) in [5.74, 6) is -0.927. The summed E-state index contributed by atoms with van der Waals surface area (Å²) in [5.41, 5.74) is 2.25. The molecule has 0 radical (unpaired) electrons. The predicted molar refractivity (Wildman–Crippen MR) is 102 cm³/mol. The van der Waals surface area contributed by atoms with Gasteiger partial charge in [-0.05, 0) is 37.3 Å². The van der Waals surface area contributed by atoms with Crippen molar-refractivity contribution in [3.63, 3.8) is 0 Å². The molecule has 1 aliphatic rings. The molecule has 0 amide bonds. The average Bonchev–Trinajstić information content (AvgIpc) is 3.27. The summed E-state index contributed by atoms with van der Waals surface area (Å²) < 4.78 is 31.8. The second-order valence-electron chi connectivity index (χ2n) is 7.66. The summed E-state index contributed by atoms with van der Waals surface area (Å²) in [7, 11) is 1.71. The van der Waals surface area contributed by atoms with Crippen LogP contribution in [0.2, 0.25) is 0 Å². The summed E-state index contributed by atoms with van der Waals surface area (Å²) in [6.07, 6.45) is 5.20. The van der Waals surface area contributed by atoms with Crippen LogP contribution < -0.4 is 0 Å². The van der Waals surface area contributed by atoms with Crippen molar-refractivity contribution in [3.8, 4) is 17.3 Å². The van der Waals surface area contributed by atoms with Crippen LogP contribution in [0, 0.1) is 28.9 Å². The fraction of sp³-hybridized carbons (Fsp3) is 0.381. The van der Waals surface area contributed by atoms with E-state index >= 15 is 0 Å². The van der Waals surface area contributed by atoms with Gasteiger partial charge in [0.05, 0.1) is 11.8 Å². The Balaban J connectivity index is 1.76. The second-order valence-corrected chi connectivity index (χ2v) is 7.66. The number of aromatic nitrogens is 4. The third kappa shape index (κ3) is 3.91. The fourth-order valence-corrected chi connectivity index (χ4v) is 3.60. The fourth-order valence-electron chi connectivity index (χ4n) is 3.60. The first kappa shape index (κ1) is 19.3. The molecule has 2 heterocycles. The Morgan fingerprint density at radius 1 is 1.24 bits per heavy atom. The minimum Gasteiger partial charge on any atom is -0.389 e. The van der Waals surface area contributed by atoms with E-state index in [9.17, 15) is 19.1 Å². The lowest BCUT2D eigenvalue weighted by molar-refractivity contribution is 0.199. The number of aliphatic hydroxyl groups is 1. The zero-order chi connectivity index (χ0) is 20.7. The zero-order valence-electron chi connectivity index (χ0n) is 16.2. The van der Waals surface area contributed by atoms with Crippen molar-refractivity contribution in [1.29, 1.82) is 5.26 Å². The van der Waals surface area contributed by atoms with Crippen molar-refractivity contribution in [1.82, 2.24) is 19.6 Å². The van der Waals surface area contributed by atoms with E-state index in [-0.39, 0.29) is 11.1 Å². The van der Waals surface area contributed by atoms with Crippen molar-refractivity contribution >= 4 is 0 Å². The quantitative estimate of drug-likeness (QED) is 0.691. The van der Waals surface area contributed by atoms with Gasteiger partial charge in [-0.25, -0.2) is 8.78 Å². The highest BCUT2D eigenvalue weighted by Gasteiger charge is 2.25. The van der Waals surface area contributed by atoms with Gasteiger partial charge in [-0.1, -0.05) is 0 Å². The maximum absolute atomic E-state index is 14.7. The van der Waals surface area contributed by atoms with Gasteiger partial charge in [0.15, 0.2) is 5.69 Å². The van der Waals surface area contributed by atoms with E-state index in [4.69, 9.17) is 0 Å². The van der Waals surface area contributed by atoms with Crippen LogP contribution in [-0.4, -0.2) is 24.7 Å². The topological polar surface area (TPSA) is 79.7 Å². The van der Waals surface area contributed by atoms with Gasteiger partial charge in [0.25, 0.3) is 0 Å². The van der Waals surface area contributed by atoms with Gasteiger partial charge >= 0.3 is 0 Å². The first-order valence-electron chi connectivity index (χ1n) is 9.52. The molecule has 1 aliphatic carbocycles. The molecule has 0 saturated heterocycles. The third-order valence-electron chi connectivity index (χ3n) is 5.14. The van der Waals surface area contributed by atoms with Gasteiger partial charge < -0.3 is 5.11 Å². The van der Waals surface area contributed by atoms with Crippen molar-refractivity contribution in [2.24, 2.45) is 13.0 Å². The third-order valence-corrected chi connectivity index (χ3v) is 5.14. The van der Waals surface area contributed by atoms with Crippen LogP contribution in [-0.2, 0) is 20.0 Å². The monoisotopic (exact) mass is 397 g/mol. The van der Waals surface area contributed by atoms with E-state index < -0.39 is 17.7 Å². The molecular formula is C21H21F2N5O. The molecule has 29 heavy (non-hydrogen) atoms. The highest BCUT2D eigenvalue weighted by atomic mass is 19.1. The molecule has 1 saturated carbocycles. The molecule has 1 N–H and O–H groups in total. The molecule has 1 atom stereocenters. The average molecular weight is 397 g/mol. The summed E-state index contributed by atoms with van der Waals surface area (Å²) in [6.45, 7) is 2.24. The number of nitriles is 1. The molecule has 150 valence electrons. The molecule has 3 aromatic rings. The summed E-state index contributed by atoms with van der Waals surface area (Å²) in [6, 6.07) is 4.03. The van der Waals surface area contributed by atoms with Gasteiger partial charge in [0.2, 0.25) is 0 Å². The Bertz CT molecular complexity index is 1110. The Morgan fingerprint density at radius 3 is 2.66 bits per heavy atom. The number of aliphatic hydroxyl groups excluding tert-OH is 1. The number of aryl methyl sites for hydroxylation is 1. The molecule has 0 aliphatic heterocycles. The van der Waals surface area contributed by atoms with Gasteiger partial charge in [-0.2, -0.15) is 15.5 Å². The predicted octanol–water partition coefficient (Wildman–Crippen LogP) is 3.49. The van der Waals surface area contributed by atoms with Gasteiger partial charge in [0, 0.05) is 55.2 Å². The molecule has 8 heteroatoms. The maximum atomic E-state index is 14.7. The highest BCUT2D eigenvalue weighted by Crippen LogP contribution is 2.34. The van der Waals surface area contributed by atoms with Gasteiger partial charge in [-0.3, -0.25) is 9.36 Å². The first-order chi connectivity index (χ1) is 13.9. The Hall–Kier alpha value is -3.05. The van der Waals surface area contributed by atoms with Crippen molar-refractivity contribution in [2.75, 3.05) is 0 Å². The lowest BCUT2D eigenvalue weighted by Crippen LogP contribution is -2.02. The molecule has 4 rings (SSSR count). The summed E-state index contributed by atoms with van der Waals surface area (Å²) in [4.78, 5) is 0. The van der Waals surface area contributed by atoms with Crippen LogP contribution in [0.1, 0.15) is 48.3 Å². The van der Waals surface area contributed by atoms with Crippen LogP contribution in [0.4, 0.5) is 8.78 Å². The van der Waals surface area contributed by atoms with Crippen molar-refractivity contribution < 1.29 is 13.9 Å². The van der Waals surface area contributed by atoms with Crippen LogP contribution in [0.3, 0.4) is 0 Å². The number of rotatable bonds is 6. The van der Waals surface area contributed by atoms with Gasteiger partial charge in [-0.15, -0.1) is 0 Å². The number of hydrogen-bond acceptors (Lipinski definition) is 4. The molecule has 0 bridgehead atoms. The molecule has 1 aromatic carbocycles. The largest absolute Gasteiger partial charge is 0.389 e. The second kappa shape index (κ2) is 7.41. The molecular weight excluding hydrogens is 376 g/mol. The SMILES string of the molecule is CC(O)c1cc(F)cc(F)c1-c1nn(C)cc1Cc1cn(CC2CC2)nc1C#N. The van der Waals surface area contributed by atoms with Gasteiger partial charge in [0.1, 0.15) is 17.7 Å². The lowest BCUT2D eigenvalue weighted by Gasteiger charge is -2.13. The smallest absolute Gasteiger partial charge is 0.165 e. The Morgan fingerprint density at radius 2 is 2.00 bits per heavy atom. The normalized spacial score (nSPS) is 14.8. The van der Waals surface area contributed by atoms with Crippen LogP contribution in [0.25, 0.3) is 11.3 Å². The summed E-state index contributed by atoms with van der Waals surface area (Å²) >= 11 is 0. The lowest BCUT2D eigenvalue weighted by atomic mass is 9.95. The first-order valence-corrected chi connectivity index (χ1v) is 9.52. The van der Waals surface area contributed by atoms with Crippen LogP contribution in [0.5, 0.6) is 0 Å². The number of nitrogens with zero attached hydrogens (tertiary/aromatic N) is 5. The molecule has 2 aromatic heterocycles. The van der Waals surface area contributed by atoms with E-state index in [0.29, 0.717) is 29.3 Å². The Labute approximate surface area is 167 Å². The molecule has 0 spiro atoms. The standard InChI is InChI=1S/C21H21F2N5O/c1-12(29)17-6-16(22)7-18(23)20(17)21-15(10-27(2)26-21)5-14-11-28(9-13-3-4-13)25-19(14)8-24/h6-7,10-13,29H,3-5,9H2,1-2H3. The molecule has 1 unspecified atom stereocenters. The molecule has 1 fully saturated rings. The Kier molecular flexibility index (Phi) is 4.92. The van der Waals surface area contributed by atoms with E-state index in [2.05, 4.69) is 16.3 Å². The highest BCUT2D eigenvalue weighted by molar-refractivity contribution is 5.68. The minimum absolute atomic E-state index is 0.0703. The zero-order valence-corrected chi connectivity index (χ0v) is 16.2. The van der Waals surface area contributed by atoms with E-state index in [1.165, 1.54) is 19.8 Å². The minimum atomic E-state index is -1.07. The van der Waals surface area contributed by atoms with Crippen molar-refractivity contribution in [3.05, 3.63) is 58.5 Å². The number of halogens is 2. The van der Waals surface area contributed by atoms with E-state index in [1.807, 2.05) is 6.20 Å². The van der Waals surface area contributed by atoms with Crippen LogP contribution >= 0.6 is 0 Å². The van der Waals surface area contributed by atoms with E-state index in [1.54, 1.807) is 22.6 Å². The van der Waals surface area contributed by atoms with Crippen molar-refractivity contribution in [2.45, 2.75) is 38.8 Å². The number of benzene rings is 1.